The molecule has 130 valence electrons. The van der Waals surface area contributed by atoms with Gasteiger partial charge in [0.25, 0.3) is 5.69 Å². The van der Waals surface area contributed by atoms with Gasteiger partial charge in [0, 0.05) is 30.8 Å². The van der Waals surface area contributed by atoms with Gasteiger partial charge in [-0.3, -0.25) is 19.7 Å². The van der Waals surface area contributed by atoms with E-state index in [2.05, 4.69) is 10.2 Å². The molecule has 1 saturated carbocycles. The maximum absolute atomic E-state index is 11.8. The molecule has 0 unspecified atom stereocenters. The van der Waals surface area contributed by atoms with E-state index in [4.69, 9.17) is 5.73 Å². The summed E-state index contributed by atoms with van der Waals surface area (Å²) in [6, 6.07) is 4.63. The van der Waals surface area contributed by atoms with Crippen molar-refractivity contribution < 1.29 is 14.5 Å². The van der Waals surface area contributed by atoms with Gasteiger partial charge < -0.3 is 16.0 Å². The molecule has 1 aliphatic rings. The number of hydrogen-bond donors (Lipinski definition) is 2. The van der Waals surface area contributed by atoms with Crippen molar-refractivity contribution in [3.8, 4) is 0 Å². The number of rotatable bonds is 9. The Morgan fingerprint density at radius 3 is 2.75 bits per heavy atom. The molecule has 1 fully saturated rings. The standard InChI is InChI=1S/C15H20N4O4S/c1-18(11-3-4-11)7-6-17-14(20)9-24-13-5-2-10(15(16)21)8-12(13)19(22)23/h2,5,8,11H,3-4,6-7,9H2,1H3,(H2,16,21)(H,17,20). The van der Waals surface area contributed by atoms with Crippen molar-refractivity contribution in [1.82, 2.24) is 10.2 Å². The Balaban J connectivity index is 1.84. The van der Waals surface area contributed by atoms with Gasteiger partial charge in [-0.2, -0.15) is 0 Å². The van der Waals surface area contributed by atoms with Crippen molar-refractivity contribution in [3.63, 3.8) is 0 Å². The molecule has 3 N–H and O–H groups in total. The zero-order valence-electron chi connectivity index (χ0n) is 13.4. The first-order chi connectivity index (χ1) is 11.4. The first kappa shape index (κ1) is 18.2. The number of amides is 2. The number of carbonyl (C=O) groups excluding carboxylic acids is 2. The Hall–Kier alpha value is -2.13. The van der Waals surface area contributed by atoms with Crippen LogP contribution in [-0.4, -0.2) is 53.6 Å². The fraction of sp³-hybridized carbons (Fsp3) is 0.467. The van der Waals surface area contributed by atoms with Crippen molar-refractivity contribution in [3.05, 3.63) is 33.9 Å². The molecule has 0 atom stereocenters. The Kier molecular flexibility index (Phi) is 6.16. The summed E-state index contributed by atoms with van der Waals surface area (Å²) in [5.74, 6) is -0.839. The molecule has 2 amide bonds. The molecule has 0 spiro atoms. The lowest BCUT2D eigenvalue weighted by Crippen LogP contribution is -2.34. The number of nitro benzene ring substituents is 1. The molecular weight excluding hydrogens is 332 g/mol. The van der Waals surface area contributed by atoms with Crippen molar-refractivity contribution in [2.75, 3.05) is 25.9 Å². The van der Waals surface area contributed by atoms with Gasteiger partial charge in [-0.15, -0.1) is 11.8 Å². The molecule has 0 saturated heterocycles. The van der Waals surface area contributed by atoms with E-state index in [1.54, 1.807) is 0 Å². The Morgan fingerprint density at radius 2 is 2.17 bits per heavy atom. The van der Waals surface area contributed by atoms with E-state index in [9.17, 15) is 19.7 Å². The van der Waals surface area contributed by atoms with Gasteiger partial charge in [0.15, 0.2) is 0 Å². The summed E-state index contributed by atoms with van der Waals surface area (Å²) in [5, 5.41) is 13.9. The molecule has 2 rings (SSSR count). The molecule has 1 aromatic rings. The highest BCUT2D eigenvalue weighted by molar-refractivity contribution is 8.00. The number of benzene rings is 1. The molecule has 0 aliphatic heterocycles. The molecule has 1 aliphatic carbocycles. The van der Waals surface area contributed by atoms with Crippen molar-refractivity contribution in [2.24, 2.45) is 5.73 Å². The predicted octanol–water partition coefficient (Wildman–Crippen LogP) is 0.996. The highest BCUT2D eigenvalue weighted by Crippen LogP contribution is 2.30. The minimum Gasteiger partial charge on any atom is -0.366 e. The SMILES string of the molecule is CN(CCNC(=O)CSc1ccc(C(N)=O)cc1[N+](=O)[O-])C1CC1. The van der Waals surface area contributed by atoms with Crippen LogP contribution in [0.25, 0.3) is 0 Å². The van der Waals surface area contributed by atoms with E-state index in [1.165, 1.54) is 25.0 Å². The van der Waals surface area contributed by atoms with E-state index >= 15 is 0 Å². The minimum absolute atomic E-state index is 0.0682. The van der Waals surface area contributed by atoms with E-state index in [-0.39, 0.29) is 22.9 Å². The number of nitro groups is 1. The molecular formula is C15H20N4O4S. The van der Waals surface area contributed by atoms with Crippen LogP contribution in [0, 0.1) is 10.1 Å². The quantitative estimate of drug-likeness (QED) is 0.389. The Labute approximate surface area is 143 Å². The maximum Gasteiger partial charge on any atom is 0.283 e. The second-order valence-corrected chi connectivity index (χ2v) is 6.67. The van der Waals surface area contributed by atoms with Crippen LogP contribution in [0.3, 0.4) is 0 Å². The summed E-state index contributed by atoms with van der Waals surface area (Å²) in [4.78, 5) is 36.0. The van der Waals surface area contributed by atoms with Crippen LogP contribution >= 0.6 is 11.8 Å². The first-order valence-corrected chi connectivity index (χ1v) is 8.55. The van der Waals surface area contributed by atoms with Crippen LogP contribution in [0.5, 0.6) is 0 Å². The number of carbonyl (C=O) groups is 2. The smallest absolute Gasteiger partial charge is 0.283 e. The number of nitrogens with zero attached hydrogens (tertiary/aromatic N) is 2. The maximum atomic E-state index is 11.8. The van der Waals surface area contributed by atoms with Crippen molar-refractivity contribution in [1.29, 1.82) is 0 Å². The molecule has 1 aromatic carbocycles. The molecule has 0 heterocycles. The monoisotopic (exact) mass is 352 g/mol. The van der Waals surface area contributed by atoms with Gasteiger partial charge in [-0.05, 0) is 32.0 Å². The van der Waals surface area contributed by atoms with Gasteiger partial charge in [0.05, 0.1) is 15.6 Å². The summed E-state index contributed by atoms with van der Waals surface area (Å²) in [6.45, 7) is 1.34. The molecule has 0 aromatic heterocycles. The van der Waals surface area contributed by atoms with Gasteiger partial charge >= 0.3 is 0 Å². The highest BCUT2D eigenvalue weighted by Gasteiger charge is 2.25. The topological polar surface area (TPSA) is 119 Å². The van der Waals surface area contributed by atoms with Gasteiger partial charge in [-0.1, -0.05) is 0 Å². The largest absolute Gasteiger partial charge is 0.366 e. The van der Waals surface area contributed by atoms with E-state index in [0.29, 0.717) is 17.5 Å². The van der Waals surface area contributed by atoms with Gasteiger partial charge in [0.2, 0.25) is 11.8 Å². The lowest BCUT2D eigenvalue weighted by atomic mass is 10.2. The predicted molar refractivity (Wildman–Crippen MR) is 91.0 cm³/mol. The first-order valence-electron chi connectivity index (χ1n) is 7.56. The number of nitrogens with one attached hydrogen (secondary N) is 1. The third-order valence-corrected chi connectivity index (χ3v) is 4.82. The summed E-state index contributed by atoms with van der Waals surface area (Å²) in [5.41, 5.74) is 4.97. The van der Waals surface area contributed by atoms with Crippen molar-refractivity contribution >= 4 is 29.3 Å². The van der Waals surface area contributed by atoms with Crippen LogP contribution in [-0.2, 0) is 4.79 Å². The average Bonchev–Trinajstić information content (AvgIpc) is 3.37. The zero-order chi connectivity index (χ0) is 17.7. The number of likely N-dealkylation sites (N-methyl/N-ethyl adjacent to an activating group) is 1. The van der Waals surface area contributed by atoms with Crippen LogP contribution in [0.2, 0.25) is 0 Å². The van der Waals surface area contributed by atoms with E-state index in [1.807, 2.05) is 7.05 Å². The van der Waals surface area contributed by atoms with Crippen LogP contribution < -0.4 is 11.1 Å². The fourth-order valence-corrected chi connectivity index (χ4v) is 3.03. The van der Waals surface area contributed by atoms with Crippen LogP contribution in [0.4, 0.5) is 5.69 Å². The second-order valence-electron chi connectivity index (χ2n) is 5.65. The van der Waals surface area contributed by atoms with E-state index in [0.717, 1.165) is 24.4 Å². The van der Waals surface area contributed by atoms with Gasteiger partial charge in [-0.25, -0.2) is 0 Å². The van der Waals surface area contributed by atoms with Gasteiger partial charge in [0.1, 0.15) is 0 Å². The lowest BCUT2D eigenvalue weighted by Gasteiger charge is -2.15. The summed E-state index contributed by atoms with van der Waals surface area (Å²) >= 11 is 1.06. The molecule has 24 heavy (non-hydrogen) atoms. The zero-order valence-corrected chi connectivity index (χ0v) is 14.2. The fourth-order valence-electron chi connectivity index (χ4n) is 2.20. The summed E-state index contributed by atoms with van der Waals surface area (Å²) < 4.78 is 0. The second kappa shape index (κ2) is 8.11. The van der Waals surface area contributed by atoms with Crippen LogP contribution in [0.1, 0.15) is 23.2 Å². The normalized spacial score (nSPS) is 13.8. The number of thioether (sulfide) groups is 1. The molecule has 8 nitrogen and oxygen atoms in total. The van der Waals surface area contributed by atoms with Crippen molar-refractivity contribution in [2.45, 2.75) is 23.8 Å². The average molecular weight is 352 g/mol. The third-order valence-electron chi connectivity index (χ3n) is 3.76. The number of primary amides is 1. The highest BCUT2D eigenvalue weighted by atomic mass is 32.2. The lowest BCUT2D eigenvalue weighted by molar-refractivity contribution is -0.387. The third kappa shape index (κ3) is 5.20. The van der Waals surface area contributed by atoms with E-state index < -0.39 is 10.8 Å². The minimum atomic E-state index is -0.729. The molecule has 0 bridgehead atoms. The molecule has 0 radical (unpaired) electrons. The number of nitrogens with two attached hydrogens (primary N) is 1. The van der Waals surface area contributed by atoms with Crippen LogP contribution in [0.15, 0.2) is 23.1 Å². The number of hydrogen-bond acceptors (Lipinski definition) is 6. The molecule has 9 heteroatoms. The Bertz CT molecular complexity index is 648. The summed E-state index contributed by atoms with van der Waals surface area (Å²) in [7, 11) is 2.03. The summed E-state index contributed by atoms with van der Waals surface area (Å²) in [6.07, 6.45) is 2.43. The Morgan fingerprint density at radius 1 is 1.46 bits per heavy atom.